The summed E-state index contributed by atoms with van der Waals surface area (Å²) in [5.41, 5.74) is 3.74. The van der Waals surface area contributed by atoms with Crippen LogP contribution in [-0.2, 0) is 31.3 Å². The summed E-state index contributed by atoms with van der Waals surface area (Å²) in [4.78, 5) is 97.8. The van der Waals surface area contributed by atoms with Gasteiger partial charge in [-0.2, -0.15) is 0 Å². The Morgan fingerprint density at radius 1 is 0.417 bits per heavy atom. The Balaban J connectivity index is 1.44. The molecule has 0 aliphatic heterocycles. The molecule has 60 heavy (non-hydrogen) atoms. The number of hydrogen-bond donors (Lipinski definition) is 8. The fourth-order valence-electron chi connectivity index (χ4n) is 8.57. The molecular weight excluding hydrogens is 854 g/mol. The summed E-state index contributed by atoms with van der Waals surface area (Å²) >= 11 is 0. The molecule has 0 fully saturated rings. The third kappa shape index (κ3) is 7.60. The molecule has 0 radical (unpaired) electrons. The molecule has 0 atom stereocenters. The van der Waals surface area contributed by atoms with Crippen molar-refractivity contribution in [3.63, 3.8) is 0 Å². The van der Waals surface area contributed by atoms with Crippen molar-refractivity contribution < 1.29 is 57.4 Å². The highest BCUT2D eigenvalue weighted by Gasteiger charge is 2.36. The van der Waals surface area contributed by atoms with Crippen molar-refractivity contribution in [2.24, 2.45) is 0 Å². The minimum atomic E-state index is -5.03. The van der Waals surface area contributed by atoms with E-state index in [9.17, 15) is 57.4 Å². The van der Waals surface area contributed by atoms with Crippen LogP contribution in [0.5, 0.6) is 0 Å². The topological polar surface area (TPSA) is 279 Å². The highest BCUT2D eigenvalue weighted by Crippen LogP contribution is 2.45. The van der Waals surface area contributed by atoms with Gasteiger partial charge in [0.05, 0.1) is 56.4 Å². The van der Waals surface area contributed by atoms with E-state index in [1.165, 1.54) is 41.5 Å². The molecule has 3 heterocycles. The Bertz CT molecular complexity index is 2830. The highest BCUT2D eigenvalue weighted by molar-refractivity contribution is 7.63. The van der Waals surface area contributed by atoms with E-state index in [-0.39, 0.29) is 57.6 Å². The van der Waals surface area contributed by atoms with Crippen molar-refractivity contribution in [1.29, 1.82) is 0 Å². The Kier molecular flexibility index (Phi) is 11.0. The summed E-state index contributed by atoms with van der Waals surface area (Å²) in [5, 5.41) is -1.87. The smallest absolute Gasteiger partial charge is 0.321 e. The van der Waals surface area contributed by atoms with Crippen LogP contribution in [0.3, 0.4) is 0 Å². The number of benzene rings is 4. The lowest BCUT2D eigenvalue weighted by molar-refractivity contribution is 0.383. The fraction of sp³-hybridized carbons (Fsp3) is 0.205. The van der Waals surface area contributed by atoms with Gasteiger partial charge in [0.15, 0.2) is 11.6 Å². The first-order valence-electron chi connectivity index (χ1n) is 18.2. The molecule has 8 N–H and O–H groups in total. The summed E-state index contributed by atoms with van der Waals surface area (Å²) < 4.78 is 54.7. The Morgan fingerprint density at radius 3 is 1.02 bits per heavy atom. The molecule has 0 unspecified atom stereocenters. The number of fused-ring (bicyclic) bond motifs is 2. The van der Waals surface area contributed by atoms with Gasteiger partial charge in [0.2, 0.25) is 0 Å². The van der Waals surface area contributed by atoms with Gasteiger partial charge in [0, 0.05) is 0 Å². The van der Waals surface area contributed by atoms with Crippen LogP contribution in [0.15, 0.2) is 66.7 Å². The van der Waals surface area contributed by atoms with Gasteiger partial charge in [-0.1, -0.05) is 30.3 Å². The van der Waals surface area contributed by atoms with Crippen molar-refractivity contribution >= 4 is 73.7 Å². The van der Waals surface area contributed by atoms with Gasteiger partial charge in [0.1, 0.15) is 11.4 Å². The number of pyridine rings is 1. The van der Waals surface area contributed by atoms with E-state index in [0.29, 0.717) is 45.1 Å². The minimum absolute atomic E-state index is 0.117. The van der Waals surface area contributed by atoms with Gasteiger partial charge in [-0.25, -0.2) is 15.0 Å². The van der Waals surface area contributed by atoms with Gasteiger partial charge in [-0.3, -0.25) is 18.3 Å². The maximum atomic E-state index is 12.8. The van der Waals surface area contributed by atoms with Crippen molar-refractivity contribution in [2.45, 2.75) is 54.6 Å². The van der Waals surface area contributed by atoms with Crippen molar-refractivity contribution in [2.75, 3.05) is 0 Å². The summed E-state index contributed by atoms with van der Waals surface area (Å²) in [6.45, 7) is 8.32. The second kappa shape index (κ2) is 15.2. The molecule has 17 nitrogen and oxygen atoms in total. The van der Waals surface area contributed by atoms with Gasteiger partial charge in [-0.05, 0) is 122 Å². The first-order valence-corrected chi connectivity index (χ1v) is 24.6. The van der Waals surface area contributed by atoms with Crippen LogP contribution in [0.2, 0.25) is 0 Å². The van der Waals surface area contributed by atoms with Gasteiger partial charge in [0.25, 0.3) is 0 Å². The van der Waals surface area contributed by atoms with Gasteiger partial charge >= 0.3 is 30.4 Å². The molecule has 0 amide bonds. The third-order valence-corrected chi connectivity index (χ3v) is 16.0. The number of aromatic nitrogens is 5. The molecule has 7 aromatic rings. The number of hydrogen-bond acceptors (Lipinski definition) is 7. The second-order valence-electron chi connectivity index (χ2n) is 14.7. The van der Waals surface area contributed by atoms with Crippen LogP contribution >= 0.6 is 30.4 Å². The molecule has 0 saturated carbocycles. The van der Waals surface area contributed by atoms with Crippen LogP contribution < -0.4 is 21.2 Å². The lowest BCUT2D eigenvalue weighted by atomic mass is 9.99. The van der Waals surface area contributed by atoms with E-state index in [2.05, 4.69) is 0 Å². The van der Waals surface area contributed by atoms with Gasteiger partial charge in [-0.15, -0.1) is 0 Å². The van der Waals surface area contributed by atoms with Crippen LogP contribution in [0.25, 0.3) is 45.1 Å². The Labute approximate surface area is 343 Å². The summed E-state index contributed by atoms with van der Waals surface area (Å²) in [7, 11) is -20.1. The molecule has 21 heteroatoms. The molecule has 0 aliphatic carbocycles. The number of para-hydroxylation sites is 4. The largest absolute Gasteiger partial charge is 0.356 e. The SMILES string of the molecule is Cc1c(Cn2c(-c3cccc(-c4nc5ccccc5n4Cc4c(C)c(P(=O)(O)O)c(C)c(P(=O)(O)O)c4C)n3)nc3ccccc32)c(C)c(P(=O)(O)O)c(C)c1P(=O)(O)O. The van der Waals surface area contributed by atoms with E-state index in [1.807, 2.05) is 0 Å². The lowest BCUT2D eigenvalue weighted by Gasteiger charge is -2.24. The van der Waals surface area contributed by atoms with E-state index in [1.54, 1.807) is 75.9 Å². The minimum Gasteiger partial charge on any atom is -0.321 e. The zero-order chi connectivity index (χ0) is 44.0. The quantitative estimate of drug-likeness (QED) is 0.0891. The predicted octanol–water partition coefficient (Wildman–Crippen LogP) is 4.27. The van der Waals surface area contributed by atoms with Crippen molar-refractivity contribution in [3.8, 4) is 23.0 Å². The number of rotatable bonds is 10. The van der Waals surface area contributed by atoms with E-state index in [0.717, 1.165) is 0 Å². The maximum absolute atomic E-state index is 12.8. The molecule has 314 valence electrons. The lowest BCUT2D eigenvalue weighted by Crippen LogP contribution is -2.28. The normalized spacial score (nSPS) is 12.9. The number of imidazole rings is 2. The standard InChI is InChI=1S/C39H41N5O12P4/c1-20-26(21(2)35(58(48,49)50)24(5)34(20)57(45,46)47)18-43-32-16-9-7-12-28(32)41-38(43)30-14-11-15-31(40-30)39-42-29-13-8-10-17-33(29)44(39)19-27-22(3)36(59(51,52)53)25(6)37(23(27)4)60(54,55)56/h7-17H,18-19H2,1-6H3,(H2,45,46,47)(H2,48,49,50)(H2,51,52,53)(H2,54,55,56). The molecular formula is C39H41N5O12P4. The predicted molar refractivity (Wildman–Crippen MR) is 228 cm³/mol. The summed E-state index contributed by atoms with van der Waals surface area (Å²) in [6, 6.07) is 19.3. The van der Waals surface area contributed by atoms with E-state index >= 15 is 0 Å². The first-order chi connectivity index (χ1) is 27.8. The van der Waals surface area contributed by atoms with Crippen LogP contribution in [0.4, 0.5) is 0 Å². The molecule has 3 aromatic heterocycles. The van der Waals surface area contributed by atoms with Crippen LogP contribution in [-0.4, -0.2) is 63.2 Å². The average Bonchev–Trinajstić information content (AvgIpc) is 3.67. The van der Waals surface area contributed by atoms with Crippen LogP contribution in [0, 0.1) is 41.5 Å². The number of nitrogens with zero attached hydrogens (tertiary/aromatic N) is 5. The van der Waals surface area contributed by atoms with E-state index in [4.69, 9.17) is 15.0 Å². The molecule has 0 aliphatic rings. The van der Waals surface area contributed by atoms with Crippen molar-refractivity contribution in [3.05, 3.63) is 111 Å². The van der Waals surface area contributed by atoms with Crippen molar-refractivity contribution in [1.82, 2.24) is 24.1 Å². The summed E-state index contributed by atoms with van der Waals surface area (Å²) in [6.07, 6.45) is 0. The Morgan fingerprint density at radius 2 is 0.717 bits per heavy atom. The first kappa shape index (κ1) is 43.7. The zero-order valence-corrected chi connectivity index (χ0v) is 36.6. The monoisotopic (exact) mass is 895 g/mol. The molecule has 0 spiro atoms. The van der Waals surface area contributed by atoms with E-state index < -0.39 is 51.6 Å². The maximum Gasteiger partial charge on any atom is 0.356 e. The zero-order valence-electron chi connectivity index (χ0n) is 33.0. The molecule has 4 aromatic carbocycles. The molecule has 7 rings (SSSR count). The second-order valence-corrected chi connectivity index (χ2v) is 20.8. The Hall–Kier alpha value is -4.43. The molecule has 0 saturated heterocycles. The summed E-state index contributed by atoms with van der Waals surface area (Å²) in [5.74, 6) is 0.608. The van der Waals surface area contributed by atoms with Crippen LogP contribution in [0.1, 0.15) is 44.5 Å². The molecule has 0 bridgehead atoms. The highest BCUT2D eigenvalue weighted by atomic mass is 31.2. The van der Waals surface area contributed by atoms with Gasteiger partial charge < -0.3 is 48.3 Å². The third-order valence-electron chi connectivity index (χ3n) is 11.0. The average molecular weight is 896 g/mol. The fourth-order valence-corrected chi connectivity index (χ4v) is 13.2.